The van der Waals surface area contributed by atoms with Gasteiger partial charge in [0.25, 0.3) is 0 Å². The quantitative estimate of drug-likeness (QED) is 0.614. The van der Waals surface area contributed by atoms with Crippen LogP contribution in [0.4, 0.5) is 11.8 Å². The summed E-state index contributed by atoms with van der Waals surface area (Å²) in [5.74, 6) is 1.32. The van der Waals surface area contributed by atoms with Gasteiger partial charge in [0.15, 0.2) is 0 Å². The molecule has 0 bridgehead atoms. The summed E-state index contributed by atoms with van der Waals surface area (Å²) in [5.41, 5.74) is 2.60. The first-order chi connectivity index (χ1) is 12.7. The molecule has 0 aliphatic carbocycles. The van der Waals surface area contributed by atoms with E-state index >= 15 is 0 Å². The van der Waals surface area contributed by atoms with Crippen LogP contribution >= 0.6 is 11.6 Å². The Labute approximate surface area is 158 Å². The van der Waals surface area contributed by atoms with E-state index < -0.39 is 0 Å². The summed E-state index contributed by atoms with van der Waals surface area (Å²) in [5, 5.41) is 7.41. The Morgan fingerprint density at radius 2 is 1.85 bits per heavy atom. The number of hydrogen-bond donors (Lipinski definition) is 2. The van der Waals surface area contributed by atoms with Crippen molar-refractivity contribution in [1.29, 1.82) is 0 Å². The fourth-order valence-electron chi connectivity index (χ4n) is 2.40. The molecule has 0 amide bonds. The number of hydrogen-bond acceptors (Lipinski definition) is 5. The maximum Gasteiger partial charge on any atom is 0.225 e. The molecule has 134 valence electrons. The summed E-state index contributed by atoms with van der Waals surface area (Å²) in [7, 11) is 0. The van der Waals surface area contributed by atoms with Crippen LogP contribution in [-0.4, -0.2) is 21.0 Å². The second-order valence-corrected chi connectivity index (χ2v) is 6.48. The molecule has 2 N–H and O–H groups in total. The summed E-state index contributed by atoms with van der Waals surface area (Å²) in [4.78, 5) is 13.6. The van der Waals surface area contributed by atoms with Gasteiger partial charge < -0.3 is 10.6 Å². The van der Waals surface area contributed by atoms with Gasteiger partial charge in [0.2, 0.25) is 5.95 Å². The lowest BCUT2D eigenvalue weighted by Crippen LogP contribution is -2.16. The molecule has 0 saturated carbocycles. The van der Waals surface area contributed by atoms with Gasteiger partial charge in [-0.25, -0.2) is 4.98 Å². The maximum absolute atomic E-state index is 6.24. The minimum Gasteiger partial charge on any atom is -0.366 e. The molecular weight excluding hydrogens is 346 g/mol. The van der Waals surface area contributed by atoms with Crippen molar-refractivity contribution in [2.75, 3.05) is 10.6 Å². The number of rotatable bonds is 7. The zero-order valence-corrected chi connectivity index (χ0v) is 15.7. The number of halogens is 1. The van der Waals surface area contributed by atoms with Crippen LogP contribution in [0.15, 0.2) is 54.7 Å². The van der Waals surface area contributed by atoms with Gasteiger partial charge in [-0.05, 0) is 37.1 Å². The molecule has 1 atom stereocenters. The number of nitrogens with zero attached hydrogens (tertiary/aromatic N) is 3. The molecule has 0 saturated heterocycles. The van der Waals surface area contributed by atoms with Crippen molar-refractivity contribution in [1.82, 2.24) is 15.0 Å². The van der Waals surface area contributed by atoms with E-state index in [9.17, 15) is 0 Å². The third-order valence-corrected chi connectivity index (χ3v) is 4.43. The van der Waals surface area contributed by atoms with E-state index in [0.717, 1.165) is 34.2 Å². The zero-order chi connectivity index (χ0) is 18.4. The molecule has 1 aromatic carbocycles. The first-order valence-electron chi connectivity index (χ1n) is 8.70. The Bertz CT molecular complexity index is 854. The molecule has 0 unspecified atom stereocenters. The normalized spacial score (nSPS) is 11.8. The number of benzene rings is 1. The fraction of sp³-hybridized carbons (Fsp3) is 0.250. The van der Waals surface area contributed by atoms with Gasteiger partial charge in [0.05, 0.1) is 11.4 Å². The van der Waals surface area contributed by atoms with Crippen molar-refractivity contribution < 1.29 is 0 Å². The molecule has 0 spiro atoms. The van der Waals surface area contributed by atoms with Crippen molar-refractivity contribution in [2.24, 2.45) is 0 Å². The highest BCUT2D eigenvalue weighted by Gasteiger charge is 2.10. The lowest BCUT2D eigenvalue weighted by molar-refractivity contribution is 0.753. The van der Waals surface area contributed by atoms with Crippen LogP contribution in [-0.2, 0) is 6.54 Å². The smallest absolute Gasteiger partial charge is 0.225 e. The molecular formula is C20H22ClN5. The van der Waals surface area contributed by atoms with Gasteiger partial charge in [-0.2, -0.15) is 4.98 Å². The first kappa shape index (κ1) is 18.1. The predicted octanol–water partition coefficient (Wildman–Crippen LogP) is 5.01. The van der Waals surface area contributed by atoms with Crippen molar-refractivity contribution in [2.45, 2.75) is 32.9 Å². The highest BCUT2D eigenvalue weighted by Crippen LogP contribution is 2.22. The minimum atomic E-state index is 0.283. The van der Waals surface area contributed by atoms with Crippen LogP contribution in [0.3, 0.4) is 0 Å². The van der Waals surface area contributed by atoms with Gasteiger partial charge >= 0.3 is 0 Å². The second-order valence-electron chi connectivity index (χ2n) is 6.08. The van der Waals surface area contributed by atoms with E-state index in [0.29, 0.717) is 12.5 Å². The molecule has 0 fully saturated rings. The van der Waals surface area contributed by atoms with Gasteiger partial charge in [-0.15, -0.1) is 0 Å². The number of pyridine rings is 1. The topological polar surface area (TPSA) is 62.7 Å². The average molecular weight is 368 g/mol. The molecule has 26 heavy (non-hydrogen) atoms. The van der Waals surface area contributed by atoms with Gasteiger partial charge in [-0.3, -0.25) is 4.98 Å². The van der Waals surface area contributed by atoms with Gasteiger partial charge in [-0.1, -0.05) is 42.8 Å². The van der Waals surface area contributed by atoms with Crippen molar-refractivity contribution in [3.05, 3.63) is 65.3 Å². The average Bonchev–Trinajstić information content (AvgIpc) is 2.68. The van der Waals surface area contributed by atoms with Crippen LogP contribution in [0.1, 0.15) is 25.8 Å². The first-order valence-corrected chi connectivity index (χ1v) is 9.08. The number of aromatic nitrogens is 3. The largest absolute Gasteiger partial charge is 0.366 e. The zero-order valence-electron chi connectivity index (χ0n) is 14.9. The van der Waals surface area contributed by atoms with Crippen LogP contribution in [0.5, 0.6) is 0 Å². The molecule has 0 aliphatic heterocycles. The molecule has 3 rings (SSSR count). The lowest BCUT2D eigenvalue weighted by atomic mass is 10.2. The Kier molecular flexibility index (Phi) is 6.02. The van der Waals surface area contributed by atoms with Crippen LogP contribution in [0.2, 0.25) is 5.02 Å². The van der Waals surface area contributed by atoms with E-state index in [1.54, 1.807) is 6.20 Å². The highest BCUT2D eigenvalue weighted by atomic mass is 35.5. The summed E-state index contributed by atoms with van der Waals surface area (Å²) in [6.07, 6.45) is 2.75. The lowest BCUT2D eigenvalue weighted by Gasteiger charge is -2.14. The van der Waals surface area contributed by atoms with Crippen LogP contribution in [0.25, 0.3) is 11.4 Å². The van der Waals surface area contributed by atoms with E-state index in [2.05, 4.69) is 39.4 Å². The standard InChI is InChI=1S/C20H22ClN5/c1-3-14(2)24-20-25-18(17-10-6-7-11-22-17)12-19(26-20)23-13-15-8-4-5-9-16(15)21/h4-12,14H,3,13H2,1-2H3,(H2,23,24,25,26)/t14-/m1/s1. The molecule has 2 heterocycles. The summed E-state index contributed by atoms with van der Waals surface area (Å²) < 4.78 is 0. The Balaban J connectivity index is 1.88. The van der Waals surface area contributed by atoms with Crippen molar-refractivity contribution in [3.63, 3.8) is 0 Å². The van der Waals surface area contributed by atoms with E-state index in [1.165, 1.54) is 0 Å². The third-order valence-electron chi connectivity index (χ3n) is 4.06. The number of anilines is 2. The predicted molar refractivity (Wildman–Crippen MR) is 107 cm³/mol. The monoisotopic (exact) mass is 367 g/mol. The molecule has 3 aromatic rings. The fourth-order valence-corrected chi connectivity index (χ4v) is 2.60. The van der Waals surface area contributed by atoms with Crippen LogP contribution < -0.4 is 10.6 Å². The molecule has 6 heteroatoms. The minimum absolute atomic E-state index is 0.283. The van der Waals surface area contributed by atoms with E-state index in [1.807, 2.05) is 48.5 Å². The van der Waals surface area contributed by atoms with Crippen molar-refractivity contribution >= 4 is 23.4 Å². The van der Waals surface area contributed by atoms with Crippen molar-refractivity contribution in [3.8, 4) is 11.4 Å². The van der Waals surface area contributed by atoms with E-state index in [-0.39, 0.29) is 6.04 Å². The van der Waals surface area contributed by atoms with E-state index in [4.69, 9.17) is 11.6 Å². The van der Waals surface area contributed by atoms with Gasteiger partial charge in [0.1, 0.15) is 5.82 Å². The molecule has 5 nitrogen and oxygen atoms in total. The second kappa shape index (κ2) is 8.63. The summed E-state index contributed by atoms with van der Waals surface area (Å²) in [6, 6.07) is 15.7. The SMILES string of the molecule is CC[C@@H](C)Nc1nc(NCc2ccccc2Cl)cc(-c2ccccn2)n1. The maximum atomic E-state index is 6.24. The Morgan fingerprint density at radius 1 is 1.04 bits per heavy atom. The molecule has 0 radical (unpaired) electrons. The summed E-state index contributed by atoms with van der Waals surface area (Å²) >= 11 is 6.24. The third kappa shape index (κ3) is 4.70. The Morgan fingerprint density at radius 3 is 2.58 bits per heavy atom. The summed E-state index contributed by atoms with van der Waals surface area (Å²) in [6.45, 7) is 4.81. The molecule has 0 aliphatic rings. The highest BCUT2D eigenvalue weighted by molar-refractivity contribution is 6.31. The Hall–Kier alpha value is -2.66. The van der Waals surface area contributed by atoms with Gasteiger partial charge in [0, 0.05) is 29.9 Å². The molecule has 2 aromatic heterocycles. The number of nitrogens with one attached hydrogen (secondary N) is 2. The van der Waals surface area contributed by atoms with Crippen LogP contribution in [0, 0.1) is 0 Å².